The summed E-state index contributed by atoms with van der Waals surface area (Å²) in [6, 6.07) is 0. The van der Waals surface area contributed by atoms with Gasteiger partial charge in [0.25, 0.3) is 0 Å². The maximum absolute atomic E-state index is 3.97. The third kappa shape index (κ3) is 18.0. The second kappa shape index (κ2) is 15.7. The van der Waals surface area contributed by atoms with E-state index in [1.165, 1.54) is 0 Å². The average Bonchev–Trinajstić information content (AvgIpc) is 1.41. The zero-order valence-corrected chi connectivity index (χ0v) is 10.2. The molecule has 0 saturated carbocycles. The first kappa shape index (κ1) is 16.0. The van der Waals surface area contributed by atoms with Crippen LogP contribution in [0, 0.1) is 0 Å². The SMILES string of the molecule is CC[N-]CC.[Y].[Zr]. The van der Waals surface area contributed by atoms with Crippen LogP contribution in [0.4, 0.5) is 0 Å². The van der Waals surface area contributed by atoms with Gasteiger partial charge in [-0.1, -0.05) is 13.8 Å². The van der Waals surface area contributed by atoms with E-state index < -0.39 is 0 Å². The molecule has 0 saturated heterocycles. The Morgan fingerprint density at radius 3 is 1.43 bits per heavy atom. The Morgan fingerprint density at radius 1 is 1.14 bits per heavy atom. The Bertz CT molecular complexity index is 19.2. The molecule has 0 aliphatic heterocycles. The molecule has 3 heteroatoms. The van der Waals surface area contributed by atoms with E-state index in [4.69, 9.17) is 0 Å². The van der Waals surface area contributed by atoms with E-state index in [0.717, 1.165) is 13.1 Å². The molecule has 0 fully saturated rings. The van der Waals surface area contributed by atoms with Gasteiger partial charge in [-0.2, -0.15) is 13.1 Å². The summed E-state index contributed by atoms with van der Waals surface area (Å²) in [7, 11) is 0. The molecule has 0 bridgehead atoms. The summed E-state index contributed by atoms with van der Waals surface area (Å²) in [6.07, 6.45) is 0. The molecule has 1 nitrogen and oxygen atoms in total. The summed E-state index contributed by atoms with van der Waals surface area (Å²) < 4.78 is 0. The molecule has 0 aromatic carbocycles. The van der Waals surface area contributed by atoms with Gasteiger partial charge in [-0.05, 0) is 0 Å². The van der Waals surface area contributed by atoms with Crippen molar-refractivity contribution in [2.75, 3.05) is 13.1 Å². The first-order valence-corrected chi connectivity index (χ1v) is 2.05. The van der Waals surface area contributed by atoms with E-state index >= 15 is 0 Å². The molecule has 0 aromatic rings. The third-order valence-corrected chi connectivity index (χ3v) is 0.447. The molecule has 7 heavy (non-hydrogen) atoms. The van der Waals surface area contributed by atoms with Crippen LogP contribution in [-0.2, 0) is 58.9 Å². The van der Waals surface area contributed by atoms with Gasteiger partial charge in [0, 0.05) is 58.9 Å². The van der Waals surface area contributed by atoms with Crippen molar-refractivity contribution in [2.24, 2.45) is 0 Å². The molecule has 0 atom stereocenters. The fourth-order valence-corrected chi connectivity index (χ4v) is 0.224. The molecule has 0 amide bonds. The maximum Gasteiger partial charge on any atom is 0 e. The smallest absolute Gasteiger partial charge is 0 e. The number of nitrogens with zero attached hydrogens (tertiary/aromatic N) is 1. The molecule has 0 aliphatic carbocycles. The quantitative estimate of drug-likeness (QED) is 0.705. The van der Waals surface area contributed by atoms with Crippen LogP contribution < -0.4 is 0 Å². The number of rotatable bonds is 2. The zero-order valence-electron chi connectivity index (χ0n) is 4.94. The molecule has 0 aliphatic rings. The van der Waals surface area contributed by atoms with Crippen molar-refractivity contribution in [3.05, 3.63) is 5.32 Å². The molecule has 0 rings (SSSR count). The van der Waals surface area contributed by atoms with Crippen LogP contribution in [0.5, 0.6) is 0 Å². The van der Waals surface area contributed by atoms with Crippen molar-refractivity contribution in [1.29, 1.82) is 0 Å². The van der Waals surface area contributed by atoms with Crippen LogP contribution in [-0.4, -0.2) is 13.1 Å². The summed E-state index contributed by atoms with van der Waals surface area (Å²) in [5.41, 5.74) is 0. The Morgan fingerprint density at radius 2 is 1.43 bits per heavy atom. The molecular formula is C4H10NYZr-. The van der Waals surface area contributed by atoms with Gasteiger partial charge in [0.05, 0.1) is 0 Å². The van der Waals surface area contributed by atoms with Crippen LogP contribution in [0.3, 0.4) is 0 Å². The summed E-state index contributed by atoms with van der Waals surface area (Å²) in [4.78, 5) is 0. The normalized spacial score (nSPS) is 6.00. The van der Waals surface area contributed by atoms with Gasteiger partial charge < -0.3 is 5.32 Å². The summed E-state index contributed by atoms with van der Waals surface area (Å²) in [5.74, 6) is 0. The fourth-order valence-electron chi connectivity index (χ4n) is 0.224. The summed E-state index contributed by atoms with van der Waals surface area (Å²) in [6.45, 7) is 6.03. The molecule has 0 spiro atoms. The third-order valence-electron chi connectivity index (χ3n) is 0.447. The van der Waals surface area contributed by atoms with Crippen molar-refractivity contribution in [3.8, 4) is 0 Å². The first-order valence-electron chi connectivity index (χ1n) is 2.05. The standard InChI is InChI=1S/C4H10N.Y.Zr/c1-3-5-4-2;;/h3-4H2,1-2H3;;/q-1;;. The Labute approximate surface area is 90.0 Å². The predicted octanol–water partition coefficient (Wildman–Crippen LogP) is 1.39. The monoisotopic (exact) mass is 251 g/mol. The van der Waals surface area contributed by atoms with Crippen LogP contribution >= 0.6 is 0 Å². The van der Waals surface area contributed by atoms with E-state index in [-0.39, 0.29) is 58.9 Å². The van der Waals surface area contributed by atoms with E-state index in [1.54, 1.807) is 0 Å². The minimum atomic E-state index is 0. The van der Waals surface area contributed by atoms with Gasteiger partial charge in [0.2, 0.25) is 0 Å². The van der Waals surface area contributed by atoms with Crippen LogP contribution in [0.1, 0.15) is 13.8 Å². The largest absolute Gasteiger partial charge is 0.663 e. The Kier molecular flexibility index (Phi) is 35.8. The van der Waals surface area contributed by atoms with Crippen molar-refractivity contribution >= 4 is 0 Å². The first-order chi connectivity index (χ1) is 2.41. The van der Waals surface area contributed by atoms with Crippen molar-refractivity contribution < 1.29 is 58.9 Å². The molecular weight excluding hydrogens is 242 g/mol. The minimum Gasteiger partial charge on any atom is -0.663 e. The minimum absolute atomic E-state index is 0. The maximum atomic E-state index is 3.97. The second-order valence-corrected chi connectivity index (χ2v) is 0.856. The molecule has 1 radical (unpaired) electrons. The van der Waals surface area contributed by atoms with E-state index in [1.807, 2.05) is 13.8 Å². The number of hydrogen-bond donors (Lipinski definition) is 0. The molecule has 0 heterocycles. The topological polar surface area (TPSA) is 14.1 Å². The van der Waals surface area contributed by atoms with Crippen LogP contribution in [0.15, 0.2) is 0 Å². The van der Waals surface area contributed by atoms with Gasteiger partial charge in [0.1, 0.15) is 0 Å². The Balaban J connectivity index is -0.0000000800. The van der Waals surface area contributed by atoms with Gasteiger partial charge in [-0.25, -0.2) is 0 Å². The molecule has 0 N–H and O–H groups in total. The molecule has 39 valence electrons. The predicted molar refractivity (Wildman–Crippen MR) is 24.4 cm³/mol. The van der Waals surface area contributed by atoms with Gasteiger partial charge in [0.15, 0.2) is 0 Å². The van der Waals surface area contributed by atoms with Crippen LogP contribution in [0.25, 0.3) is 5.32 Å². The zero-order chi connectivity index (χ0) is 4.12. The second-order valence-electron chi connectivity index (χ2n) is 0.856. The van der Waals surface area contributed by atoms with Crippen LogP contribution in [0.2, 0.25) is 0 Å². The van der Waals surface area contributed by atoms with E-state index in [0.29, 0.717) is 0 Å². The van der Waals surface area contributed by atoms with E-state index in [9.17, 15) is 0 Å². The molecule has 0 unspecified atom stereocenters. The van der Waals surface area contributed by atoms with Gasteiger partial charge in [-0.3, -0.25) is 0 Å². The fraction of sp³-hybridized carbons (Fsp3) is 1.00. The average molecular weight is 252 g/mol. The van der Waals surface area contributed by atoms with Crippen molar-refractivity contribution in [2.45, 2.75) is 13.8 Å². The Hall–Kier alpha value is 1.95. The number of hydrogen-bond acceptors (Lipinski definition) is 0. The van der Waals surface area contributed by atoms with Gasteiger partial charge in [-0.15, -0.1) is 0 Å². The summed E-state index contributed by atoms with van der Waals surface area (Å²) >= 11 is 0. The summed E-state index contributed by atoms with van der Waals surface area (Å²) in [5, 5.41) is 3.97. The van der Waals surface area contributed by atoms with Crippen molar-refractivity contribution in [3.63, 3.8) is 0 Å². The van der Waals surface area contributed by atoms with Gasteiger partial charge >= 0.3 is 0 Å². The van der Waals surface area contributed by atoms with Crippen molar-refractivity contribution in [1.82, 2.24) is 0 Å². The molecule has 0 aromatic heterocycles. The van der Waals surface area contributed by atoms with E-state index in [2.05, 4.69) is 5.32 Å².